The summed E-state index contributed by atoms with van der Waals surface area (Å²) in [6.07, 6.45) is 5.89. The lowest BCUT2D eigenvalue weighted by Gasteiger charge is -2.18. The monoisotopic (exact) mass is 226 g/mol. The highest BCUT2D eigenvalue weighted by Gasteiger charge is 2.14. The minimum absolute atomic E-state index is 0.875. The second-order valence-electron chi connectivity index (χ2n) is 4.86. The van der Waals surface area contributed by atoms with Gasteiger partial charge in [0.2, 0.25) is 0 Å². The van der Waals surface area contributed by atoms with Crippen LogP contribution in [0.1, 0.15) is 36.6 Å². The Morgan fingerprint density at radius 3 is 2.88 bits per heavy atom. The molecule has 2 nitrogen and oxygen atoms in total. The van der Waals surface area contributed by atoms with Crippen molar-refractivity contribution in [3.8, 4) is 0 Å². The number of rotatable bonds is 1. The van der Waals surface area contributed by atoms with Gasteiger partial charge in [-0.25, -0.2) is 0 Å². The molecule has 0 spiro atoms. The summed E-state index contributed by atoms with van der Waals surface area (Å²) in [5, 5.41) is 1.13. The van der Waals surface area contributed by atoms with Gasteiger partial charge in [0.05, 0.1) is 5.52 Å². The third kappa shape index (κ3) is 1.68. The van der Waals surface area contributed by atoms with Gasteiger partial charge in [-0.15, -0.1) is 0 Å². The minimum Gasteiger partial charge on any atom is -0.398 e. The van der Waals surface area contributed by atoms with Gasteiger partial charge in [-0.3, -0.25) is 4.98 Å². The fraction of sp³-hybridized carbons (Fsp3) is 0.400. The van der Waals surface area contributed by atoms with Crippen molar-refractivity contribution >= 4 is 16.6 Å². The molecule has 0 saturated carbocycles. The Kier molecular flexibility index (Phi) is 2.50. The van der Waals surface area contributed by atoms with Gasteiger partial charge in [0.1, 0.15) is 0 Å². The van der Waals surface area contributed by atoms with Crippen molar-refractivity contribution in [3.63, 3.8) is 0 Å². The number of fused-ring (bicyclic) bond motifs is 3. The highest BCUT2D eigenvalue weighted by molar-refractivity contribution is 5.93. The summed E-state index contributed by atoms with van der Waals surface area (Å²) in [6.45, 7) is 2.13. The molecule has 2 N–H and O–H groups in total. The van der Waals surface area contributed by atoms with Crippen LogP contribution in [0, 0.1) is 0 Å². The van der Waals surface area contributed by atoms with Gasteiger partial charge in [0, 0.05) is 16.8 Å². The van der Waals surface area contributed by atoms with Gasteiger partial charge in [-0.1, -0.05) is 19.1 Å². The molecule has 2 heteroatoms. The molecule has 0 bridgehead atoms. The average Bonchev–Trinajstić information content (AvgIpc) is 2.38. The first-order chi connectivity index (χ1) is 8.29. The third-order valence-corrected chi connectivity index (χ3v) is 3.75. The van der Waals surface area contributed by atoms with Gasteiger partial charge in [0.25, 0.3) is 0 Å². The zero-order valence-electron chi connectivity index (χ0n) is 10.3. The first kappa shape index (κ1) is 10.6. The number of hydrogen-bond acceptors (Lipinski definition) is 2. The number of nitrogens with two attached hydrogens (primary N) is 1. The van der Waals surface area contributed by atoms with Crippen LogP contribution in [-0.2, 0) is 19.3 Å². The van der Waals surface area contributed by atoms with Crippen molar-refractivity contribution in [2.45, 2.75) is 39.0 Å². The number of aromatic nitrogens is 1. The number of benzene rings is 1. The van der Waals surface area contributed by atoms with E-state index in [0.29, 0.717) is 0 Å². The molecule has 1 heterocycles. The summed E-state index contributed by atoms with van der Waals surface area (Å²) < 4.78 is 0. The van der Waals surface area contributed by atoms with E-state index in [1.54, 1.807) is 0 Å². The van der Waals surface area contributed by atoms with Crippen LogP contribution in [0.15, 0.2) is 18.2 Å². The molecule has 1 aliphatic carbocycles. The number of aryl methyl sites for hydroxylation is 3. The van der Waals surface area contributed by atoms with Gasteiger partial charge >= 0.3 is 0 Å². The summed E-state index contributed by atoms with van der Waals surface area (Å²) >= 11 is 0. The molecule has 1 aromatic carbocycles. The normalized spacial score (nSPS) is 14.9. The van der Waals surface area contributed by atoms with E-state index < -0.39 is 0 Å². The van der Waals surface area contributed by atoms with Gasteiger partial charge in [0.15, 0.2) is 0 Å². The second-order valence-corrected chi connectivity index (χ2v) is 4.86. The van der Waals surface area contributed by atoms with E-state index in [4.69, 9.17) is 10.7 Å². The standard InChI is InChI=1S/C15H18N2/c1-2-11-9-14(16)13-8-7-10-5-3-4-6-12(10)15(13)17-11/h7-9H,2-6H2,1H3,(H2,16,17). The Morgan fingerprint density at radius 2 is 2.06 bits per heavy atom. The number of nitrogens with zero attached hydrogens (tertiary/aromatic N) is 1. The molecule has 1 aromatic heterocycles. The van der Waals surface area contributed by atoms with Crippen molar-refractivity contribution in [2.24, 2.45) is 0 Å². The first-order valence-electron chi connectivity index (χ1n) is 6.49. The fourth-order valence-corrected chi connectivity index (χ4v) is 2.78. The fourth-order valence-electron chi connectivity index (χ4n) is 2.78. The number of pyridine rings is 1. The maximum absolute atomic E-state index is 6.13. The lowest BCUT2D eigenvalue weighted by Crippen LogP contribution is -2.06. The van der Waals surface area contributed by atoms with E-state index in [-0.39, 0.29) is 0 Å². The second kappa shape index (κ2) is 4.02. The molecule has 0 atom stereocenters. The van der Waals surface area contributed by atoms with Gasteiger partial charge < -0.3 is 5.73 Å². The Balaban J connectivity index is 2.33. The molecular weight excluding hydrogens is 208 g/mol. The van der Waals surface area contributed by atoms with E-state index in [1.807, 2.05) is 6.07 Å². The van der Waals surface area contributed by atoms with E-state index in [0.717, 1.165) is 35.1 Å². The molecule has 1 aliphatic rings. The zero-order chi connectivity index (χ0) is 11.8. The van der Waals surface area contributed by atoms with Crippen LogP contribution < -0.4 is 5.73 Å². The predicted octanol–water partition coefficient (Wildman–Crippen LogP) is 3.26. The largest absolute Gasteiger partial charge is 0.398 e. The summed E-state index contributed by atoms with van der Waals surface area (Å²) in [7, 11) is 0. The predicted molar refractivity (Wildman–Crippen MR) is 72.2 cm³/mol. The van der Waals surface area contributed by atoms with Crippen LogP contribution in [0.4, 0.5) is 5.69 Å². The number of anilines is 1. The van der Waals surface area contributed by atoms with Gasteiger partial charge in [-0.2, -0.15) is 0 Å². The molecule has 3 rings (SSSR count). The van der Waals surface area contributed by atoms with E-state index >= 15 is 0 Å². The highest BCUT2D eigenvalue weighted by Crippen LogP contribution is 2.30. The third-order valence-electron chi connectivity index (χ3n) is 3.75. The molecule has 0 saturated heterocycles. The lowest BCUT2D eigenvalue weighted by molar-refractivity contribution is 0.689. The van der Waals surface area contributed by atoms with E-state index in [2.05, 4.69) is 19.1 Å². The van der Waals surface area contributed by atoms with Crippen molar-refractivity contribution in [2.75, 3.05) is 5.73 Å². The zero-order valence-corrected chi connectivity index (χ0v) is 10.3. The molecule has 0 unspecified atom stereocenters. The van der Waals surface area contributed by atoms with Crippen molar-refractivity contribution in [1.29, 1.82) is 0 Å². The Morgan fingerprint density at radius 1 is 1.24 bits per heavy atom. The molecular formula is C15H18N2. The van der Waals surface area contributed by atoms with Crippen LogP contribution in [0.3, 0.4) is 0 Å². The van der Waals surface area contributed by atoms with Crippen molar-refractivity contribution in [1.82, 2.24) is 4.98 Å². The van der Waals surface area contributed by atoms with Crippen LogP contribution in [0.25, 0.3) is 10.9 Å². The summed E-state index contributed by atoms with van der Waals surface area (Å²) in [4.78, 5) is 4.79. The Hall–Kier alpha value is -1.57. The Labute approximate surface area is 102 Å². The van der Waals surface area contributed by atoms with E-state index in [9.17, 15) is 0 Å². The van der Waals surface area contributed by atoms with Crippen LogP contribution >= 0.6 is 0 Å². The lowest BCUT2D eigenvalue weighted by atomic mass is 9.89. The number of nitrogen functional groups attached to an aromatic ring is 1. The highest BCUT2D eigenvalue weighted by atomic mass is 14.7. The Bertz CT molecular complexity index is 573. The molecule has 0 radical (unpaired) electrons. The summed E-state index contributed by atoms with van der Waals surface area (Å²) in [6, 6.07) is 6.39. The molecule has 88 valence electrons. The van der Waals surface area contributed by atoms with Crippen LogP contribution in [-0.4, -0.2) is 4.98 Å². The maximum Gasteiger partial charge on any atom is 0.0760 e. The summed E-state index contributed by atoms with van der Waals surface area (Å²) in [5.41, 5.74) is 12.2. The van der Waals surface area contributed by atoms with E-state index in [1.165, 1.54) is 30.4 Å². The molecule has 17 heavy (non-hydrogen) atoms. The number of hydrogen-bond donors (Lipinski definition) is 1. The SMILES string of the molecule is CCc1cc(N)c2ccc3c(c2n1)CCCC3. The maximum atomic E-state index is 6.13. The quantitative estimate of drug-likeness (QED) is 0.810. The molecule has 0 aliphatic heterocycles. The molecule has 2 aromatic rings. The summed E-state index contributed by atoms with van der Waals surface area (Å²) in [5.74, 6) is 0. The minimum atomic E-state index is 0.875. The molecule has 0 amide bonds. The van der Waals surface area contributed by atoms with Crippen LogP contribution in [0.5, 0.6) is 0 Å². The molecule has 0 fully saturated rings. The van der Waals surface area contributed by atoms with Crippen LogP contribution in [0.2, 0.25) is 0 Å². The topological polar surface area (TPSA) is 38.9 Å². The first-order valence-corrected chi connectivity index (χ1v) is 6.49. The van der Waals surface area contributed by atoms with Gasteiger partial charge in [-0.05, 0) is 49.3 Å². The van der Waals surface area contributed by atoms with Crippen molar-refractivity contribution in [3.05, 3.63) is 35.0 Å². The van der Waals surface area contributed by atoms with Crippen molar-refractivity contribution < 1.29 is 0 Å². The average molecular weight is 226 g/mol. The smallest absolute Gasteiger partial charge is 0.0760 e.